The highest BCUT2D eigenvalue weighted by Gasteiger charge is 2.24. The minimum Gasteiger partial charge on any atom is -0.468 e. The number of anilines is 1. The van der Waals surface area contributed by atoms with Crippen LogP contribution in [-0.4, -0.2) is 57.7 Å². The Balaban J connectivity index is 1.52. The molecule has 1 aromatic heterocycles. The standard InChI is InChI=1S/C20H28BrN5O/c1-22-20(23-13-18(25(2)3)19-5-4-12-27-19)24-16-10-11-26(14-16)17-8-6-15(21)7-9-17/h4-9,12,16,18H,10-11,13-14H2,1-3H3,(H2,22,23,24). The van der Waals surface area contributed by atoms with Crippen LogP contribution in [0.25, 0.3) is 0 Å². The third-order valence-electron chi connectivity index (χ3n) is 4.90. The maximum absolute atomic E-state index is 5.58. The first-order valence-corrected chi connectivity index (χ1v) is 10.0. The van der Waals surface area contributed by atoms with Gasteiger partial charge in [-0.05, 0) is 56.9 Å². The topological polar surface area (TPSA) is 56.0 Å². The van der Waals surface area contributed by atoms with Gasteiger partial charge in [-0.2, -0.15) is 0 Å². The van der Waals surface area contributed by atoms with Gasteiger partial charge in [-0.1, -0.05) is 15.9 Å². The number of nitrogens with one attached hydrogen (secondary N) is 2. The average molecular weight is 434 g/mol. The third kappa shape index (κ3) is 5.26. The number of hydrogen-bond acceptors (Lipinski definition) is 4. The lowest BCUT2D eigenvalue weighted by Crippen LogP contribution is -2.46. The summed E-state index contributed by atoms with van der Waals surface area (Å²) in [6, 6.07) is 13.0. The van der Waals surface area contributed by atoms with Crippen molar-refractivity contribution >= 4 is 27.6 Å². The van der Waals surface area contributed by atoms with E-state index in [1.165, 1.54) is 5.69 Å². The van der Waals surface area contributed by atoms with Crippen LogP contribution in [0.1, 0.15) is 18.2 Å². The SMILES string of the molecule is CN=C(NCC(c1ccco1)N(C)C)NC1CCN(c2ccc(Br)cc2)C1. The summed E-state index contributed by atoms with van der Waals surface area (Å²) in [7, 11) is 5.92. The van der Waals surface area contributed by atoms with Gasteiger partial charge in [0, 0.05) is 42.9 Å². The van der Waals surface area contributed by atoms with E-state index in [4.69, 9.17) is 4.42 Å². The first-order chi connectivity index (χ1) is 13.1. The van der Waals surface area contributed by atoms with E-state index in [0.29, 0.717) is 6.04 Å². The molecule has 2 unspecified atom stereocenters. The summed E-state index contributed by atoms with van der Waals surface area (Å²) in [4.78, 5) is 8.94. The number of aliphatic imine (C=N–C) groups is 1. The quantitative estimate of drug-likeness (QED) is 0.541. The molecule has 0 amide bonds. The smallest absolute Gasteiger partial charge is 0.191 e. The van der Waals surface area contributed by atoms with Crippen molar-refractivity contribution in [3.63, 3.8) is 0 Å². The van der Waals surface area contributed by atoms with E-state index in [2.05, 4.69) is 79.7 Å². The lowest BCUT2D eigenvalue weighted by atomic mass is 10.2. The number of hydrogen-bond donors (Lipinski definition) is 2. The zero-order valence-corrected chi connectivity index (χ0v) is 17.7. The zero-order valence-electron chi connectivity index (χ0n) is 16.2. The largest absolute Gasteiger partial charge is 0.468 e. The molecular formula is C20H28BrN5O. The Hall–Kier alpha value is -1.99. The van der Waals surface area contributed by atoms with Crippen LogP contribution in [0.5, 0.6) is 0 Å². The van der Waals surface area contributed by atoms with Crippen LogP contribution in [0.15, 0.2) is 56.5 Å². The van der Waals surface area contributed by atoms with Crippen LogP contribution in [0.4, 0.5) is 5.69 Å². The molecule has 1 fully saturated rings. The number of rotatable bonds is 6. The molecule has 0 bridgehead atoms. The number of guanidine groups is 1. The van der Waals surface area contributed by atoms with Gasteiger partial charge in [-0.15, -0.1) is 0 Å². The minimum absolute atomic E-state index is 0.154. The summed E-state index contributed by atoms with van der Waals surface area (Å²) in [5.41, 5.74) is 1.26. The molecule has 0 aliphatic carbocycles. The Kier molecular flexibility index (Phi) is 6.79. The minimum atomic E-state index is 0.154. The molecule has 1 aromatic carbocycles. The van der Waals surface area contributed by atoms with Gasteiger partial charge in [0.1, 0.15) is 5.76 Å². The van der Waals surface area contributed by atoms with Gasteiger partial charge in [0.2, 0.25) is 0 Å². The van der Waals surface area contributed by atoms with E-state index < -0.39 is 0 Å². The Morgan fingerprint density at radius 2 is 2.11 bits per heavy atom. The molecule has 3 rings (SSSR count). The van der Waals surface area contributed by atoms with Gasteiger partial charge in [-0.25, -0.2) is 0 Å². The molecule has 6 nitrogen and oxygen atoms in total. The van der Waals surface area contributed by atoms with Crippen molar-refractivity contribution in [1.29, 1.82) is 0 Å². The zero-order chi connectivity index (χ0) is 19.2. The van der Waals surface area contributed by atoms with E-state index in [-0.39, 0.29) is 6.04 Å². The number of halogens is 1. The van der Waals surface area contributed by atoms with Gasteiger partial charge in [0.25, 0.3) is 0 Å². The van der Waals surface area contributed by atoms with Gasteiger partial charge in [-0.3, -0.25) is 9.89 Å². The molecule has 146 valence electrons. The Morgan fingerprint density at radius 3 is 2.74 bits per heavy atom. The lowest BCUT2D eigenvalue weighted by Gasteiger charge is -2.25. The molecule has 2 atom stereocenters. The van der Waals surface area contributed by atoms with E-state index >= 15 is 0 Å². The van der Waals surface area contributed by atoms with Gasteiger partial charge < -0.3 is 20.0 Å². The van der Waals surface area contributed by atoms with Crippen molar-refractivity contribution in [2.24, 2.45) is 4.99 Å². The maximum Gasteiger partial charge on any atom is 0.191 e. The van der Waals surface area contributed by atoms with Crippen molar-refractivity contribution in [3.05, 3.63) is 52.9 Å². The van der Waals surface area contributed by atoms with E-state index in [9.17, 15) is 0 Å². The maximum atomic E-state index is 5.58. The summed E-state index contributed by atoms with van der Waals surface area (Å²) < 4.78 is 6.68. The number of benzene rings is 1. The molecular weight excluding hydrogens is 406 g/mol. The van der Waals surface area contributed by atoms with Gasteiger partial charge in [0.05, 0.1) is 12.3 Å². The van der Waals surface area contributed by atoms with Crippen molar-refractivity contribution in [1.82, 2.24) is 15.5 Å². The van der Waals surface area contributed by atoms with Crippen LogP contribution in [0.3, 0.4) is 0 Å². The average Bonchev–Trinajstić information content (AvgIpc) is 3.33. The Labute approximate surface area is 169 Å². The predicted molar refractivity (Wildman–Crippen MR) is 114 cm³/mol. The normalized spacial score (nSPS) is 18.8. The van der Waals surface area contributed by atoms with Crippen molar-refractivity contribution in [3.8, 4) is 0 Å². The van der Waals surface area contributed by atoms with Crippen molar-refractivity contribution in [2.45, 2.75) is 18.5 Å². The number of nitrogens with zero attached hydrogens (tertiary/aromatic N) is 3. The van der Waals surface area contributed by atoms with Crippen molar-refractivity contribution in [2.75, 3.05) is 45.7 Å². The second-order valence-corrected chi connectivity index (χ2v) is 7.92. The summed E-state index contributed by atoms with van der Waals surface area (Å²) >= 11 is 3.50. The molecule has 0 radical (unpaired) electrons. The molecule has 2 N–H and O–H groups in total. The van der Waals surface area contributed by atoms with Gasteiger partial charge >= 0.3 is 0 Å². The van der Waals surface area contributed by atoms with Gasteiger partial charge in [0.15, 0.2) is 5.96 Å². The highest BCUT2D eigenvalue weighted by Crippen LogP contribution is 2.22. The molecule has 0 saturated carbocycles. The fourth-order valence-corrected chi connectivity index (χ4v) is 3.63. The molecule has 0 spiro atoms. The number of likely N-dealkylation sites (N-methyl/N-ethyl adjacent to an activating group) is 1. The predicted octanol–water partition coefficient (Wildman–Crippen LogP) is 3.09. The van der Waals surface area contributed by atoms with Crippen LogP contribution in [0, 0.1) is 0 Å². The fourth-order valence-electron chi connectivity index (χ4n) is 3.36. The van der Waals surface area contributed by atoms with E-state index in [1.54, 1.807) is 6.26 Å². The second kappa shape index (κ2) is 9.28. The molecule has 27 heavy (non-hydrogen) atoms. The highest BCUT2D eigenvalue weighted by molar-refractivity contribution is 9.10. The summed E-state index contributed by atoms with van der Waals surface area (Å²) in [6.07, 6.45) is 2.81. The summed E-state index contributed by atoms with van der Waals surface area (Å²) in [5, 5.41) is 7.00. The molecule has 1 aliphatic heterocycles. The first kappa shape index (κ1) is 19.8. The van der Waals surface area contributed by atoms with Crippen LogP contribution >= 0.6 is 15.9 Å². The Morgan fingerprint density at radius 1 is 1.33 bits per heavy atom. The fraction of sp³-hybridized carbons (Fsp3) is 0.450. The van der Waals surface area contributed by atoms with E-state index in [0.717, 1.165) is 42.2 Å². The summed E-state index contributed by atoms with van der Waals surface area (Å²) in [6.45, 7) is 2.74. The lowest BCUT2D eigenvalue weighted by molar-refractivity contribution is 0.258. The second-order valence-electron chi connectivity index (χ2n) is 7.00. The molecule has 7 heteroatoms. The highest BCUT2D eigenvalue weighted by atomic mass is 79.9. The number of furan rings is 1. The van der Waals surface area contributed by atoms with Crippen LogP contribution in [0.2, 0.25) is 0 Å². The van der Waals surface area contributed by atoms with E-state index in [1.807, 2.05) is 19.2 Å². The molecule has 2 aromatic rings. The van der Waals surface area contributed by atoms with Crippen LogP contribution in [-0.2, 0) is 0 Å². The first-order valence-electron chi connectivity index (χ1n) is 9.24. The molecule has 1 aliphatic rings. The third-order valence-corrected chi connectivity index (χ3v) is 5.43. The van der Waals surface area contributed by atoms with Crippen molar-refractivity contribution < 1.29 is 4.42 Å². The Bertz CT molecular complexity index is 729. The summed E-state index contributed by atoms with van der Waals surface area (Å²) in [5.74, 6) is 1.78. The molecule has 2 heterocycles. The van der Waals surface area contributed by atoms with Crippen LogP contribution < -0.4 is 15.5 Å². The molecule has 1 saturated heterocycles. The monoisotopic (exact) mass is 433 g/mol.